The van der Waals surface area contributed by atoms with Crippen molar-refractivity contribution in [1.82, 2.24) is 9.97 Å². The fourth-order valence-electron chi connectivity index (χ4n) is 2.37. The lowest BCUT2D eigenvalue weighted by Gasteiger charge is -2.12. The molecule has 1 atom stereocenters. The van der Waals surface area contributed by atoms with E-state index in [1.165, 1.54) is 16.6 Å². The van der Waals surface area contributed by atoms with Crippen molar-refractivity contribution in [3.63, 3.8) is 0 Å². The first-order valence-corrected chi connectivity index (χ1v) is 9.37. The van der Waals surface area contributed by atoms with Crippen LogP contribution >= 0.6 is 23.1 Å². The van der Waals surface area contributed by atoms with Gasteiger partial charge in [0.25, 0.3) is 0 Å². The van der Waals surface area contributed by atoms with Gasteiger partial charge in [0.15, 0.2) is 0 Å². The van der Waals surface area contributed by atoms with Gasteiger partial charge in [-0.05, 0) is 44.5 Å². The lowest BCUT2D eigenvalue weighted by molar-refractivity contribution is -0.115. The number of hydrogen-bond acceptors (Lipinski definition) is 6. The molecule has 0 aliphatic heterocycles. The Bertz CT molecular complexity index is 990. The van der Waals surface area contributed by atoms with Gasteiger partial charge < -0.3 is 5.32 Å². The summed E-state index contributed by atoms with van der Waals surface area (Å²) >= 11 is 3.06. The predicted octanol–water partition coefficient (Wildman–Crippen LogP) is 4.30. The van der Waals surface area contributed by atoms with Crippen LogP contribution in [0.4, 0.5) is 5.69 Å². The van der Waals surface area contributed by atoms with Crippen molar-refractivity contribution < 1.29 is 4.79 Å². The molecule has 25 heavy (non-hydrogen) atoms. The van der Waals surface area contributed by atoms with E-state index in [2.05, 4.69) is 35.2 Å². The molecule has 0 radical (unpaired) electrons. The van der Waals surface area contributed by atoms with Gasteiger partial charge in [-0.25, -0.2) is 9.97 Å². The lowest BCUT2D eigenvalue weighted by atomic mass is 10.2. The molecule has 1 N–H and O–H groups in total. The maximum atomic E-state index is 12.5. The number of thiophene rings is 1. The highest BCUT2D eigenvalue weighted by Gasteiger charge is 2.19. The Morgan fingerprint density at radius 2 is 2.16 bits per heavy atom. The summed E-state index contributed by atoms with van der Waals surface area (Å²) in [7, 11) is 0. The van der Waals surface area contributed by atoms with Crippen LogP contribution in [0.2, 0.25) is 0 Å². The highest BCUT2D eigenvalue weighted by molar-refractivity contribution is 8.00. The van der Waals surface area contributed by atoms with Crippen molar-refractivity contribution >= 4 is 44.9 Å². The molecule has 2 aromatic heterocycles. The Hall–Kier alpha value is -2.43. The SMILES string of the molecule is Cc1sc2ncnc(SC(C)C(=O)Nc3cccc(C#N)c3)c2c1C. The van der Waals surface area contributed by atoms with Crippen molar-refractivity contribution in [3.05, 3.63) is 46.6 Å². The van der Waals surface area contributed by atoms with Crippen LogP contribution in [0.5, 0.6) is 0 Å². The highest BCUT2D eigenvalue weighted by Crippen LogP contribution is 2.36. The van der Waals surface area contributed by atoms with Crippen LogP contribution in [0.25, 0.3) is 10.2 Å². The van der Waals surface area contributed by atoms with E-state index in [0.717, 1.165) is 20.8 Å². The molecule has 1 amide bonds. The molecule has 3 aromatic rings. The Morgan fingerprint density at radius 1 is 1.36 bits per heavy atom. The maximum absolute atomic E-state index is 12.5. The van der Waals surface area contributed by atoms with Crippen molar-refractivity contribution in [3.8, 4) is 6.07 Å². The molecule has 0 saturated heterocycles. The van der Waals surface area contributed by atoms with Gasteiger partial charge in [-0.15, -0.1) is 11.3 Å². The summed E-state index contributed by atoms with van der Waals surface area (Å²) < 4.78 is 0. The molecule has 0 spiro atoms. The number of thioether (sulfide) groups is 1. The van der Waals surface area contributed by atoms with Gasteiger partial charge in [0.1, 0.15) is 16.2 Å². The Labute approximate surface area is 154 Å². The number of fused-ring (bicyclic) bond motifs is 1. The first kappa shape index (κ1) is 17.4. The quantitative estimate of drug-likeness (QED) is 0.549. The van der Waals surface area contributed by atoms with Crippen molar-refractivity contribution in [2.75, 3.05) is 5.32 Å². The molecule has 7 heteroatoms. The number of nitriles is 1. The average Bonchev–Trinajstić information content (AvgIpc) is 2.90. The van der Waals surface area contributed by atoms with E-state index in [9.17, 15) is 4.79 Å². The van der Waals surface area contributed by atoms with E-state index in [4.69, 9.17) is 5.26 Å². The molecule has 1 unspecified atom stereocenters. The minimum Gasteiger partial charge on any atom is -0.325 e. The van der Waals surface area contributed by atoms with Crippen LogP contribution in [0, 0.1) is 25.2 Å². The van der Waals surface area contributed by atoms with Gasteiger partial charge >= 0.3 is 0 Å². The molecule has 0 aliphatic carbocycles. The fraction of sp³-hybridized carbons (Fsp3) is 0.222. The molecule has 0 saturated carbocycles. The number of amides is 1. The molecule has 0 bridgehead atoms. The number of carbonyl (C=O) groups is 1. The first-order valence-electron chi connectivity index (χ1n) is 7.68. The number of aromatic nitrogens is 2. The lowest BCUT2D eigenvalue weighted by Crippen LogP contribution is -2.22. The third-order valence-corrected chi connectivity index (χ3v) is 6.06. The first-order chi connectivity index (χ1) is 12.0. The second kappa shape index (κ2) is 7.21. The summed E-state index contributed by atoms with van der Waals surface area (Å²) in [5.41, 5.74) is 2.30. The monoisotopic (exact) mass is 368 g/mol. The van der Waals surface area contributed by atoms with E-state index in [0.29, 0.717) is 11.3 Å². The summed E-state index contributed by atoms with van der Waals surface area (Å²) in [5, 5.41) is 13.3. The number of rotatable bonds is 4. The van der Waals surface area contributed by atoms with Gasteiger partial charge in [-0.3, -0.25) is 4.79 Å². The summed E-state index contributed by atoms with van der Waals surface area (Å²) in [6, 6.07) is 8.94. The molecule has 0 fully saturated rings. The highest BCUT2D eigenvalue weighted by atomic mass is 32.2. The average molecular weight is 368 g/mol. The smallest absolute Gasteiger partial charge is 0.237 e. The van der Waals surface area contributed by atoms with E-state index < -0.39 is 0 Å². The van der Waals surface area contributed by atoms with Crippen LogP contribution in [-0.2, 0) is 4.79 Å². The van der Waals surface area contributed by atoms with E-state index in [1.807, 2.05) is 6.92 Å². The maximum Gasteiger partial charge on any atom is 0.237 e. The predicted molar refractivity (Wildman–Crippen MR) is 102 cm³/mol. The minimum absolute atomic E-state index is 0.128. The standard InChI is InChI=1S/C18H16N4OS2/c1-10-11(2)24-17-15(10)18(21-9-20-17)25-12(3)16(23)22-14-6-4-5-13(7-14)8-19/h4-7,9,12H,1-3H3,(H,22,23). The van der Waals surface area contributed by atoms with Crippen LogP contribution in [0.15, 0.2) is 35.6 Å². The number of aryl methyl sites for hydroxylation is 2. The largest absolute Gasteiger partial charge is 0.325 e. The van der Waals surface area contributed by atoms with Gasteiger partial charge in [-0.1, -0.05) is 17.8 Å². The van der Waals surface area contributed by atoms with Crippen molar-refractivity contribution in [2.24, 2.45) is 0 Å². The second-order valence-electron chi connectivity index (χ2n) is 5.58. The summed E-state index contributed by atoms with van der Waals surface area (Å²) in [6.45, 7) is 5.96. The number of nitrogens with zero attached hydrogens (tertiary/aromatic N) is 3. The molecule has 0 aliphatic rings. The normalized spacial score (nSPS) is 11.9. The third kappa shape index (κ3) is 3.65. The molecule has 3 rings (SSSR count). The van der Waals surface area contributed by atoms with Crippen molar-refractivity contribution in [1.29, 1.82) is 5.26 Å². The van der Waals surface area contributed by atoms with E-state index in [-0.39, 0.29) is 11.2 Å². The zero-order chi connectivity index (χ0) is 18.0. The van der Waals surface area contributed by atoms with Gasteiger partial charge in [0, 0.05) is 16.0 Å². The molecule has 1 aromatic carbocycles. The Morgan fingerprint density at radius 3 is 2.92 bits per heavy atom. The third-order valence-electron chi connectivity index (χ3n) is 3.85. The van der Waals surface area contributed by atoms with E-state index in [1.54, 1.807) is 41.9 Å². The van der Waals surface area contributed by atoms with Crippen LogP contribution in [0.3, 0.4) is 0 Å². The number of benzene rings is 1. The topological polar surface area (TPSA) is 78.7 Å². The molecular formula is C18H16N4OS2. The molecule has 5 nitrogen and oxygen atoms in total. The van der Waals surface area contributed by atoms with Gasteiger partial charge in [-0.2, -0.15) is 5.26 Å². The zero-order valence-corrected chi connectivity index (χ0v) is 15.7. The van der Waals surface area contributed by atoms with Crippen LogP contribution in [-0.4, -0.2) is 21.1 Å². The number of nitrogens with one attached hydrogen (secondary N) is 1. The number of carbonyl (C=O) groups excluding carboxylic acids is 1. The van der Waals surface area contributed by atoms with Gasteiger partial charge in [0.05, 0.1) is 16.9 Å². The van der Waals surface area contributed by atoms with E-state index >= 15 is 0 Å². The minimum atomic E-state index is -0.330. The summed E-state index contributed by atoms with van der Waals surface area (Å²) in [6.07, 6.45) is 1.54. The Kier molecular flexibility index (Phi) is 5.02. The van der Waals surface area contributed by atoms with Gasteiger partial charge in [0.2, 0.25) is 5.91 Å². The number of hydrogen-bond donors (Lipinski definition) is 1. The zero-order valence-electron chi connectivity index (χ0n) is 14.0. The van der Waals surface area contributed by atoms with Crippen molar-refractivity contribution in [2.45, 2.75) is 31.0 Å². The summed E-state index contributed by atoms with van der Waals surface area (Å²) in [4.78, 5) is 23.3. The van der Waals surface area contributed by atoms with Crippen LogP contribution in [0.1, 0.15) is 22.9 Å². The molecular weight excluding hydrogens is 352 g/mol. The Balaban J connectivity index is 1.79. The van der Waals surface area contributed by atoms with Crippen LogP contribution < -0.4 is 5.32 Å². The molecule has 2 heterocycles. The number of anilines is 1. The summed E-state index contributed by atoms with van der Waals surface area (Å²) in [5.74, 6) is -0.128. The molecule has 126 valence electrons. The second-order valence-corrected chi connectivity index (χ2v) is 8.12. The fourth-order valence-corrected chi connectivity index (χ4v) is 4.41.